The van der Waals surface area contributed by atoms with Gasteiger partial charge in [-0.3, -0.25) is 9.69 Å². The lowest BCUT2D eigenvalue weighted by molar-refractivity contribution is -0.122. The van der Waals surface area contributed by atoms with Crippen molar-refractivity contribution >= 4 is 23.7 Å². The Morgan fingerprint density at radius 3 is 2.11 bits per heavy atom. The molecule has 0 saturated carbocycles. The highest BCUT2D eigenvalue weighted by Crippen LogP contribution is 2.30. The van der Waals surface area contributed by atoms with Crippen molar-refractivity contribution in [2.75, 3.05) is 12.4 Å². The number of esters is 1. The van der Waals surface area contributed by atoms with E-state index in [9.17, 15) is 19.5 Å². The molecule has 2 aromatic carbocycles. The molecule has 0 saturated heterocycles. The van der Waals surface area contributed by atoms with E-state index in [0.717, 1.165) is 4.90 Å². The number of carboxylic acid groups (broad SMARTS) is 1. The number of hydrogen-bond donors (Lipinski definition) is 2. The largest absolute Gasteiger partial charge is 0.465 e. The van der Waals surface area contributed by atoms with Crippen LogP contribution in [0.5, 0.6) is 0 Å². The standard InChI is InChI=1S/C21H24N2O5/c1-21(2,3)23(20(26)27)17(14-10-6-5-7-11-14)18(24)22-16-13-9-8-12-15(16)19(25)28-4/h5-13,17H,1-4H3,(H,22,24)(H,26,27). The van der Waals surface area contributed by atoms with Gasteiger partial charge in [-0.2, -0.15) is 0 Å². The average Bonchev–Trinajstić information content (AvgIpc) is 2.65. The van der Waals surface area contributed by atoms with Crippen LogP contribution in [0, 0.1) is 0 Å². The van der Waals surface area contributed by atoms with Gasteiger partial charge in [-0.1, -0.05) is 42.5 Å². The normalized spacial score (nSPS) is 12.0. The van der Waals surface area contributed by atoms with E-state index in [1.165, 1.54) is 13.2 Å². The number of nitrogens with one attached hydrogen (secondary N) is 1. The molecule has 0 fully saturated rings. The van der Waals surface area contributed by atoms with Crippen LogP contribution < -0.4 is 5.32 Å². The van der Waals surface area contributed by atoms with Crippen molar-refractivity contribution in [3.05, 3.63) is 65.7 Å². The summed E-state index contributed by atoms with van der Waals surface area (Å²) in [6.45, 7) is 5.15. The van der Waals surface area contributed by atoms with Gasteiger partial charge in [0.15, 0.2) is 0 Å². The van der Waals surface area contributed by atoms with Gasteiger partial charge in [0, 0.05) is 5.54 Å². The first-order chi connectivity index (χ1) is 13.2. The molecule has 0 aromatic heterocycles. The summed E-state index contributed by atoms with van der Waals surface area (Å²) >= 11 is 0. The average molecular weight is 384 g/mol. The first kappa shape index (κ1) is 21.0. The maximum atomic E-state index is 13.2. The number of methoxy groups -OCH3 is 1. The van der Waals surface area contributed by atoms with E-state index in [-0.39, 0.29) is 11.3 Å². The summed E-state index contributed by atoms with van der Waals surface area (Å²) in [5.74, 6) is -1.17. The molecule has 2 rings (SSSR count). The third kappa shape index (κ3) is 4.68. The lowest BCUT2D eigenvalue weighted by atomic mass is 9.97. The molecule has 2 aromatic rings. The highest BCUT2D eigenvalue weighted by atomic mass is 16.5. The molecule has 7 nitrogen and oxygen atoms in total. The molecule has 2 amide bonds. The molecule has 7 heteroatoms. The fraction of sp³-hybridized carbons (Fsp3) is 0.286. The van der Waals surface area contributed by atoms with Crippen LogP contribution in [0.4, 0.5) is 10.5 Å². The Kier molecular flexibility index (Phi) is 6.41. The molecule has 148 valence electrons. The van der Waals surface area contributed by atoms with Crippen LogP contribution in [0.15, 0.2) is 54.6 Å². The van der Waals surface area contributed by atoms with Crippen LogP contribution in [0.1, 0.15) is 42.7 Å². The van der Waals surface area contributed by atoms with Gasteiger partial charge in [0.25, 0.3) is 5.91 Å². The number of para-hydroxylation sites is 1. The van der Waals surface area contributed by atoms with Crippen molar-refractivity contribution < 1.29 is 24.2 Å². The molecule has 0 aliphatic heterocycles. The molecule has 0 bridgehead atoms. The molecule has 2 N–H and O–H groups in total. The van der Waals surface area contributed by atoms with Crippen LogP contribution in [0.25, 0.3) is 0 Å². The Balaban J connectivity index is 2.49. The van der Waals surface area contributed by atoms with E-state index >= 15 is 0 Å². The second kappa shape index (κ2) is 8.56. The molecule has 1 atom stereocenters. The van der Waals surface area contributed by atoms with E-state index in [1.807, 2.05) is 0 Å². The molecular weight excluding hydrogens is 360 g/mol. The number of nitrogens with zero attached hydrogens (tertiary/aromatic N) is 1. The molecule has 0 aliphatic carbocycles. The summed E-state index contributed by atoms with van der Waals surface area (Å²) in [6.07, 6.45) is -1.22. The molecular formula is C21H24N2O5. The van der Waals surface area contributed by atoms with E-state index in [4.69, 9.17) is 4.74 Å². The number of anilines is 1. The first-order valence-corrected chi connectivity index (χ1v) is 8.72. The molecule has 0 spiro atoms. The second-order valence-electron chi connectivity index (χ2n) is 7.16. The molecule has 1 unspecified atom stereocenters. The van der Waals surface area contributed by atoms with Crippen molar-refractivity contribution in [1.82, 2.24) is 4.90 Å². The summed E-state index contributed by atoms with van der Waals surface area (Å²) in [4.78, 5) is 38.3. The number of rotatable bonds is 5. The Bertz CT molecular complexity index is 859. The fourth-order valence-corrected chi connectivity index (χ4v) is 2.92. The summed E-state index contributed by atoms with van der Waals surface area (Å²) in [5, 5.41) is 12.5. The van der Waals surface area contributed by atoms with E-state index in [2.05, 4.69) is 5.32 Å². The smallest absolute Gasteiger partial charge is 0.408 e. The van der Waals surface area contributed by atoms with Crippen LogP contribution >= 0.6 is 0 Å². The lowest BCUT2D eigenvalue weighted by Crippen LogP contribution is -2.50. The van der Waals surface area contributed by atoms with Gasteiger partial charge in [-0.05, 0) is 38.5 Å². The monoisotopic (exact) mass is 384 g/mol. The van der Waals surface area contributed by atoms with Crippen molar-refractivity contribution in [2.45, 2.75) is 32.4 Å². The number of hydrogen-bond acceptors (Lipinski definition) is 4. The minimum atomic E-state index is -1.22. The second-order valence-corrected chi connectivity index (χ2v) is 7.16. The maximum absolute atomic E-state index is 13.2. The number of ether oxygens (including phenoxy) is 1. The van der Waals surface area contributed by atoms with Crippen LogP contribution in [0.2, 0.25) is 0 Å². The summed E-state index contributed by atoms with van der Waals surface area (Å²) in [6, 6.07) is 13.9. The van der Waals surface area contributed by atoms with E-state index in [1.54, 1.807) is 69.3 Å². The number of benzene rings is 2. The van der Waals surface area contributed by atoms with Crippen molar-refractivity contribution in [3.8, 4) is 0 Å². The molecule has 0 radical (unpaired) electrons. The Labute approximate surface area is 163 Å². The number of carbonyl (C=O) groups excluding carboxylic acids is 2. The first-order valence-electron chi connectivity index (χ1n) is 8.72. The van der Waals surface area contributed by atoms with E-state index < -0.39 is 29.6 Å². The Morgan fingerprint density at radius 2 is 1.57 bits per heavy atom. The quantitative estimate of drug-likeness (QED) is 0.762. The Hall–Kier alpha value is -3.35. The molecule has 0 aliphatic rings. The van der Waals surface area contributed by atoms with Crippen LogP contribution in [0.3, 0.4) is 0 Å². The fourth-order valence-electron chi connectivity index (χ4n) is 2.92. The lowest BCUT2D eigenvalue weighted by Gasteiger charge is -2.39. The zero-order valence-corrected chi connectivity index (χ0v) is 16.3. The summed E-state index contributed by atoms with van der Waals surface area (Å²) in [7, 11) is 1.25. The third-order valence-electron chi connectivity index (χ3n) is 4.14. The number of carbonyl (C=O) groups is 3. The van der Waals surface area contributed by atoms with Gasteiger partial charge in [-0.25, -0.2) is 9.59 Å². The van der Waals surface area contributed by atoms with E-state index in [0.29, 0.717) is 5.56 Å². The van der Waals surface area contributed by atoms with Crippen LogP contribution in [-0.2, 0) is 9.53 Å². The third-order valence-corrected chi connectivity index (χ3v) is 4.14. The molecule has 28 heavy (non-hydrogen) atoms. The predicted octanol–water partition coefficient (Wildman–Crippen LogP) is 3.93. The molecule has 0 heterocycles. The summed E-state index contributed by atoms with van der Waals surface area (Å²) < 4.78 is 4.75. The van der Waals surface area contributed by atoms with Crippen LogP contribution in [-0.4, -0.2) is 40.6 Å². The summed E-state index contributed by atoms with van der Waals surface area (Å²) in [5.41, 5.74) is 0.112. The van der Waals surface area contributed by atoms with Gasteiger partial charge in [0.05, 0.1) is 18.4 Å². The van der Waals surface area contributed by atoms with Crippen molar-refractivity contribution in [2.24, 2.45) is 0 Å². The van der Waals surface area contributed by atoms with Crippen molar-refractivity contribution in [1.29, 1.82) is 0 Å². The minimum Gasteiger partial charge on any atom is -0.465 e. The number of amides is 2. The van der Waals surface area contributed by atoms with Gasteiger partial charge in [-0.15, -0.1) is 0 Å². The minimum absolute atomic E-state index is 0.183. The predicted molar refractivity (Wildman–Crippen MR) is 105 cm³/mol. The highest BCUT2D eigenvalue weighted by Gasteiger charge is 2.38. The topological polar surface area (TPSA) is 95.9 Å². The van der Waals surface area contributed by atoms with Gasteiger partial charge >= 0.3 is 12.1 Å². The zero-order valence-electron chi connectivity index (χ0n) is 16.3. The zero-order chi connectivity index (χ0) is 20.9. The SMILES string of the molecule is COC(=O)c1ccccc1NC(=O)C(c1ccccc1)N(C(=O)O)C(C)(C)C. The Morgan fingerprint density at radius 1 is 1.00 bits per heavy atom. The highest BCUT2D eigenvalue weighted by molar-refractivity contribution is 6.03. The van der Waals surface area contributed by atoms with Gasteiger partial charge in [0.2, 0.25) is 0 Å². The van der Waals surface area contributed by atoms with Gasteiger partial charge < -0.3 is 15.2 Å². The maximum Gasteiger partial charge on any atom is 0.408 e. The van der Waals surface area contributed by atoms with Crippen molar-refractivity contribution in [3.63, 3.8) is 0 Å². The van der Waals surface area contributed by atoms with Gasteiger partial charge in [0.1, 0.15) is 6.04 Å².